The van der Waals surface area contributed by atoms with Crippen LogP contribution in [0.2, 0.25) is 0 Å². The Bertz CT molecular complexity index is 471. The third-order valence-corrected chi connectivity index (χ3v) is 5.11. The van der Waals surface area contributed by atoms with Crippen LogP contribution in [0.5, 0.6) is 0 Å². The molecule has 19 heavy (non-hydrogen) atoms. The molecule has 1 saturated heterocycles. The van der Waals surface area contributed by atoms with Gasteiger partial charge in [0.25, 0.3) is 5.91 Å². The number of carbonyl (C=O) groups excluding carboxylic acids is 1. The van der Waals surface area contributed by atoms with Gasteiger partial charge in [-0.05, 0) is 59.7 Å². The molecule has 0 radical (unpaired) electrons. The summed E-state index contributed by atoms with van der Waals surface area (Å²) in [7, 11) is 0. The predicted molar refractivity (Wildman–Crippen MR) is 78.0 cm³/mol. The van der Waals surface area contributed by atoms with Gasteiger partial charge in [0.1, 0.15) is 5.69 Å². The summed E-state index contributed by atoms with van der Waals surface area (Å²) in [5, 5.41) is 0. The maximum Gasteiger partial charge on any atom is 0.273 e. The molecular formula is C15H19BrN2O. The van der Waals surface area contributed by atoms with Crippen LogP contribution >= 0.6 is 15.9 Å². The van der Waals surface area contributed by atoms with Crippen molar-refractivity contribution in [2.75, 3.05) is 6.54 Å². The molecule has 1 aliphatic carbocycles. The highest BCUT2D eigenvalue weighted by Crippen LogP contribution is 2.36. The zero-order chi connectivity index (χ0) is 13.2. The molecule has 2 heterocycles. The van der Waals surface area contributed by atoms with Crippen molar-refractivity contribution in [1.82, 2.24) is 9.88 Å². The lowest BCUT2D eigenvalue weighted by molar-refractivity contribution is 0.0682. The molecule has 1 saturated carbocycles. The fraction of sp³-hybridized carbons (Fsp3) is 0.600. The number of aromatic nitrogens is 1. The third kappa shape index (κ3) is 2.55. The molecule has 1 aliphatic heterocycles. The van der Waals surface area contributed by atoms with E-state index in [4.69, 9.17) is 0 Å². The minimum Gasteiger partial charge on any atom is -0.334 e. The lowest BCUT2D eigenvalue weighted by atomic mass is 9.96. The number of likely N-dealkylation sites (tertiary alicyclic amines) is 1. The lowest BCUT2D eigenvalue weighted by Crippen LogP contribution is -2.39. The molecule has 2 fully saturated rings. The molecule has 1 atom stereocenters. The maximum atomic E-state index is 12.7. The molecule has 1 aromatic rings. The van der Waals surface area contributed by atoms with E-state index in [0.717, 1.165) is 17.4 Å². The highest BCUT2D eigenvalue weighted by atomic mass is 79.9. The van der Waals surface area contributed by atoms with Gasteiger partial charge < -0.3 is 4.90 Å². The van der Waals surface area contributed by atoms with Crippen molar-refractivity contribution in [3.05, 3.63) is 28.5 Å². The van der Waals surface area contributed by atoms with Gasteiger partial charge in [0.15, 0.2) is 0 Å². The average molecular weight is 323 g/mol. The van der Waals surface area contributed by atoms with Crippen LogP contribution in [0.1, 0.15) is 49.0 Å². The van der Waals surface area contributed by atoms with Crippen LogP contribution in [0.25, 0.3) is 0 Å². The van der Waals surface area contributed by atoms with Crippen molar-refractivity contribution in [2.45, 2.75) is 44.6 Å². The van der Waals surface area contributed by atoms with Crippen molar-refractivity contribution in [1.29, 1.82) is 0 Å². The van der Waals surface area contributed by atoms with E-state index < -0.39 is 0 Å². The largest absolute Gasteiger partial charge is 0.334 e. The van der Waals surface area contributed by atoms with Crippen LogP contribution in [0.3, 0.4) is 0 Å². The van der Waals surface area contributed by atoms with Crippen molar-refractivity contribution >= 4 is 21.8 Å². The Morgan fingerprint density at radius 3 is 2.79 bits per heavy atom. The van der Waals surface area contributed by atoms with Gasteiger partial charge in [-0.25, -0.2) is 4.98 Å². The molecular weight excluding hydrogens is 304 g/mol. The summed E-state index contributed by atoms with van der Waals surface area (Å²) in [4.78, 5) is 19.0. The Hall–Kier alpha value is -0.900. The Morgan fingerprint density at radius 1 is 1.26 bits per heavy atom. The highest BCUT2D eigenvalue weighted by molar-refractivity contribution is 9.10. The zero-order valence-corrected chi connectivity index (χ0v) is 12.6. The van der Waals surface area contributed by atoms with Crippen molar-refractivity contribution in [2.24, 2.45) is 5.92 Å². The second-order valence-corrected chi connectivity index (χ2v) is 6.44. The van der Waals surface area contributed by atoms with Gasteiger partial charge in [0.05, 0.1) is 0 Å². The van der Waals surface area contributed by atoms with Crippen LogP contribution in [-0.2, 0) is 0 Å². The van der Waals surface area contributed by atoms with Gasteiger partial charge in [0.2, 0.25) is 0 Å². The van der Waals surface area contributed by atoms with Gasteiger partial charge in [-0.3, -0.25) is 4.79 Å². The molecule has 0 bridgehead atoms. The van der Waals surface area contributed by atoms with Crippen molar-refractivity contribution in [3.8, 4) is 0 Å². The first-order valence-electron chi connectivity index (χ1n) is 7.19. The van der Waals surface area contributed by atoms with Gasteiger partial charge in [0, 0.05) is 23.3 Å². The number of hydrogen-bond acceptors (Lipinski definition) is 2. The normalized spacial score (nSPS) is 24.1. The van der Waals surface area contributed by atoms with E-state index in [1.54, 1.807) is 6.20 Å². The number of carbonyl (C=O) groups is 1. The molecule has 102 valence electrons. The van der Waals surface area contributed by atoms with E-state index in [1.165, 1.54) is 32.1 Å². The first-order valence-corrected chi connectivity index (χ1v) is 7.98. The van der Waals surface area contributed by atoms with Gasteiger partial charge in [-0.2, -0.15) is 0 Å². The van der Waals surface area contributed by atoms with E-state index in [2.05, 4.69) is 25.8 Å². The molecule has 3 nitrogen and oxygen atoms in total. The van der Waals surface area contributed by atoms with Crippen LogP contribution in [0.4, 0.5) is 0 Å². The van der Waals surface area contributed by atoms with E-state index in [9.17, 15) is 4.79 Å². The topological polar surface area (TPSA) is 33.2 Å². The summed E-state index contributed by atoms with van der Waals surface area (Å²) >= 11 is 3.44. The minimum atomic E-state index is 0.0990. The first kappa shape index (κ1) is 13.1. The predicted octanol–water partition coefficient (Wildman–Crippen LogP) is 3.64. The Balaban J connectivity index is 1.80. The van der Waals surface area contributed by atoms with Crippen molar-refractivity contribution < 1.29 is 4.79 Å². The van der Waals surface area contributed by atoms with Gasteiger partial charge in [-0.1, -0.05) is 12.8 Å². The van der Waals surface area contributed by atoms with Crippen LogP contribution < -0.4 is 0 Å². The van der Waals surface area contributed by atoms with Gasteiger partial charge >= 0.3 is 0 Å². The fourth-order valence-electron chi connectivity index (χ4n) is 3.56. The monoisotopic (exact) mass is 322 g/mol. The second-order valence-electron chi connectivity index (χ2n) is 5.59. The molecule has 0 spiro atoms. The Kier molecular flexibility index (Phi) is 3.87. The maximum absolute atomic E-state index is 12.7. The fourth-order valence-corrected chi connectivity index (χ4v) is 3.98. The number of nitrogens with zero attached hydrogens (tertiary/aromatic N) is 2. The second kappa shape index (κ2) is 5.61. The van der Waals surface area contributed by atoms with Crippen molar-refractivity contribution in [3.63, 3.8) is 0 Å². The zero-order valence-electron chi connectivity index (χ0n) is 11.0. The molecule has 3 rings (SSSR count). The van der Waals surface area contributed by atoms with Crippen LogP contribution in [0.15, 0.2) is 22.8 Å². The van der Waals surface area contributed by atoms with E-state index in [0.29, 0.717) is 17.7 Å². The van der Waals surface area contributed by atoms with Crippen LogP contribution in [-0.4, -0.2) is 28.4 Å². The number of halogens is 1. The molecule has 4 heteroatoms. The van der Waals surface area contributed by atoms with E-state index in [1.807, 2.05) is 12.1 Å². The average Bonchev–Trinajstić information content (AvgIpc) is 3.09. The molecule has 2 aliphatic rings. The molecule has 1 amide bonds. The Morgan fingerprint density at radius 2 is 2.05 bits per heavy atom. The summed E-state index contributed by atoms with van der Waals surface area (Å²) in [6.07, 6.45) is 9.24. The SMILES string of the molecule is O=C(c1ncccc1Br)N1CCCC1C1CCCC1. The summed E-state index contributed by atoms with van der Waals surface area (Å²) in [5.74, 6) is 0.816. The molecule has 1 unspecified atom stereocenters. The summed E-state index contributed by atoms with van der Waals surface area (Å²) in [6, 6.07) is 4.18. The number of amides is 1. The smallest absolute Gasteiger partial charge is 0.273 e. The van der Waals surface area contributed by atoms with Gasteiger partial charge in [-0.15, -0.1) is 0 Å². The number of pyridine rings is 1. The molecule has 1 aromatic heterocycles. The van der Waals surface area contributed by atoms with E-state index >= 15 is 0 Å². The third-order valence-electron chi connectivity index (χ3n) is 4.47. The highest BCUT2D eigenvalue weighted by Gasteiger charge is 2.36. The number of hydrogen-bond donors (Lipinski definition) is 0. The van der Waals surface area contributed by atoms with Crippen LogP contribution in [0, 0.1) is 5.92 Å². The number of rotatable bonds is 2. The lowest BCUT2D eigenvalue weighted by Gasteiger charge is -2.29. The quantitative estimate of drug-likeness (QED) is 0.832. The first-order chi connectivity index (χ1) is 9.27. The Labute approximate surface area is 122 Å². The summed E-state index contributed by atoms with van der Waals surface area (Å²) in [5.41, 5.74) is 0.562. The van der Waals surface area contributed by atoms with E-state index in [-0.39, 0.29) is 5.91 Å². The molecule has 0 N–H and O–H groups in total. The molecule has 0 aromatic carbocycles. The summed E-state index contributed by atoms with van der Waals surface area (Å²) in [6.45, 7) is 0.892. The summed E-state index contributed by atoms with van der Waals surface area (Å²) < 4.78 is 0.803. The standard InChI is InChI=1S/C15H19BrN2O/c16-12-7-3-9-17-14(12)15(19)18-10-4-8-13(18)11-5-1-2-6-11/h3,7,9,11,13H,1-2,4-6,8,10H2. The minimum absolute atomic E-state index is 0.0990.